The Labute approximate surface area is 206 Å². The molecule has 3 aromatic carbocycles. The van der Waals surface area contributed by atoms with Crippen LogP contribution in [0.25, 0.3) is 22.1 Å². The molecule has 0 aliphatic rings. The fourth-order valence-corrected chi connectivity index (χ4v) is 5.11. The molecule has 0 aliphatic heterocycles. The summed E-state index contributed by atoms with van der Waals surface area (Å²) < 4.78 is 67.5. The highest BCUT2D eigenvalue weighted by Crippen LogP contribution is 2.39. The molecule has 0 unspecified atom stereocenters. The van der Waals surface area contributed by atoms with E-state index in [2.05, 4.69) is 14.9 Å². The molecule has 0 aliphatic carbocycles. The molecule has 2 heterocycles. The van der Waals surface area contributed by atoms with E-state index in [1.54, 1.807) is 24.3 Å². The molecular formula is C22H13ClF2N4O4S2. The van der Waals surface area contributed by atoms with E-state index in [0.717, 1.165) is 11.3 Å². The SMILES string of the molecule is Nc1noc2ccc(-c3cc(Cl)ccc3Oc3cc(F)c(S(=O)(=O)Nc4cscn4)cc3F)cc12. The normalized spacial score (nSPS) is 11.6. The summed E-state index contributed by atoms with van der Waals surface area (Å²) in [6, 6.07) is 10.8. The molecule has 0 spiro atoms. The summed E-state index contributed by atoms with van der Waals surface area (Å²) in [7, 11) is -4.42. The number of benzene rings is 3. The Kier molecular flexibility index (Phi) is 5.79. The molecule has 3 N–H and O–H groups in total. The number of anilines is 2. The molecular weight excluding hydrogens is 522 g/mol. The minimum atomic E-state index is -4.42. The zero-order chi connectivity index (χ0) is 24.7. The third-order valence-electron chi connectivity index (χ3n) is 4.92. The Morgan fingerprint density at radius 2 is 1.89 bits per heavy atom. The molecule has 178 valence electrons. The lowest BCUT2D eigenvalue weighted by atomic mass is 10.0. The molecule has 13 heteroatoms. The van der Waals surface area contributed by atoms with Gasteiger partial charge in [-0.05, 0) is 35.9 Å². The maximum atomic E-state index is 14.9. The van der Waals surface area contributed by atoms with Gasteiger partial charge in [-0.2, -0.15) is 0 Å². The molecule has 2 aromatic heterocycles. The lowest BCUT2D eigenvalue weighted by molar-refractivity contribution is 0.433. The first-order chi connectivity index (χ1) is 16.7. The molecule has 0 atom stereocenters. The number of thiazole rings is 1. The van der Waals surface area contributed by atoms with Gasteiger partial charge in [0.25, 0.3) is 10.0 Å². The van der Waals surface area contributed by atoms with Gasteiger partial charge in [-0.25, -0.2) is 22.2 Å². The van der Waals surface area contributed by atoms with Gasteiger partial charge in [0.1, 0.15) is 16.5 Å². The lowest BCUT2D eigenvalue weighted by Crippen LogP contribution is -2.15. The first-order valence-electron chi connectivity index (χ1n) is 9.74. The van der Waals surface area contributed by atoms with Gasteiger partial charge in [-0.3, -0.25) is 4.72 Å². The van der Waals surface area contributed by atoms with Gasteiger partial charge >= 0.3 is 0 Å². The van der Waals surface area contributed by atoms with Gasteiger partial charge in [0.2, 0.25) is 0 Å². The Morgan fingerprint density at radius 1 is 1.06 bits per heavy atom. The van der Waals surface area contributed by atoms with Gasteiger partial charge in [-0.1, -0.05) is 22.8 Å². The number of hydrogen-bond acceptors (Lipinski definition) is 8. The molecule has 0 bridgehead atoms. The topological polar surface area (TPSA) is 120 Å². The van der Waals surface area contributed by atoms with Crippen molar-refractivity contribution < 1.29 is 26.5 Å². The molecule has 0 amide bonds. The zero-order valence-electron chi connectivity index (χ0n) is 17.3. The first-order valence-corrected chi connectivity index (χ1v) is 12.5. The van der Waals surface area contributed by atoms with Crippen LogP contribution in [0.1, 0.15) is 0 Å². The van der Waals surface area contributed by atoms with Crippen LogP contribution in [-0.2, 0) is 10.0 Å². The number of nitrogens with one attached hydrogen (secondary N) is 1. The van der Waals surface area contributed by atoms with Crippen molar-refractivity contribution in [2.75, 3.05) is 10.5 Å². The number of rotatable bonds is 6. The Morgan fingerprint density at radius 3 is 2.66 bits per heavy atom. The van der Waals surface area contributed by atoms with Crippen molar-refractivity contribution in [3.05, 3.63) is 76.1 Å². The molecule has 5 rings (SSSR count). The van der Waals surface area contributed by atoms with Crippen LogP contribution in [0.5, 0.6) is 11.5 Å². The van der Waals surface area contributed by atoms with Gasteiger partial charge in [-0.15, -0.1) is 11.3 Å². The summed E-state index contributed by atoms with van der Waals surface area (Å²) >= 11 is 7.30. The maximum absolute atomic E-state index is 14.9. The van der Waals surface area contributed by atoms with Crippen molar-refractivity contribution in [3.8, 4) is 22.6 Å². The van der Waals surface area contributed by atoms with Crippen molar-refractivity contribution in [3.63, 3.8) is 0 Å². The molecule has 5 aromatic rings. The van der Waals surface area contributed by atoms with Gasteiger partial charge < -0.3 is 15.0 Å². The highest BCUT2D eigenvalue weighted by atomic mass is 35.5. The first kappa shape index (κ1) is 23.0. The molecule has 8 nitrogen and oxygen atoms in total. The number of hydrogen-bond donors (Lipinski definition) is 2. The number of nitrogens with two attached hydrogens (primary N) is 1. The van der Waals surface area contributed by atoms with Gasteiger partial charge in [0.15, 0.2) is 28.8 Å². The smallest absolute Gasteiger partial charge is 0.266 e. The maximum Gasteiger partial charge on any atom is 0.266 e. The van der Waals surface area contributed by atoms with Crippen LogP contribution < -0.4 is 15.2 Å². The van der Waals surface area contributed by atoms with E-state index in [1.807, 2.05) is 0 Å². The van der Waals surface area contributed by atoms with E-state index in [-0.39, 0.29) is 17.4 Å². The number of aromatic nitrogens is 2. The molecule has 35 heavy (non-hydrogen) atoms. The predicted octanol–water partition coefficient (Wildman–Crippen LogP) is 6.06. The van der Waals surface area contributed by atoms with Crippen molar-refractivity contribution in [1.29, 1.82) is 0 Å². The third kappa shape index (κ3) is 4.50. The number of ether oxygens (including phenoxy) is 1. The highest BCUT2D eigenvalue weighted by molar-refractivity contribution is 7.92. The van der Waals surface area contributed by atoms with Crippen LogP contribution in [0.3, 0.4) is 0 Å². The van der Waals surface area contributed by atoms with E-state index >= 15 is 0 Å². The average molecular weight is 535 g/mol. The van der Waals surface area contributed by atoms with Crippen molar-refractivity contribution in [2.45, 2.75) is 4.90 Å². The summed E-state index contributed by atoms with van der Waals surface area (Å²) in [5, 5.41) is 6.04. The predicted molar refractivity (Wildman–Crippen MR) is 128 cm³/mol. The summed E-state index contributed by atoms with van der Waals surface area (Å²) in [6.45, 7) is 0. The number of halogens is 3. The van der Waals surface area contributed by atoms with E-state index in [4.69, 9.17) is 26.6 Å². The Balaban J connectivity index is 1.52. The summed E-state index contributed by atoms with van der Waals surface area (Å²) in [5.41, 5.74) is 8.73. The monoisotopic (exact) mass is 534 g/mol. The minimum absolute atomic E-state index is 0.00799. The quantitative estimate of drug-likeness (QED) is 0.272. The fourth-order valence-electron chi connectivity index (χ4n) is 3.31. The Bertz CT molecular complexity index is 1670. The van der Waals surface area contributed by atoms with Crippen LogP contribution in [0.15, 0.2) is 68.8 Å². The molecule has 0 saturated carbocycles. The number of fused-ring (bicyclic) bond motifs is 1. The number of sulfonamides is 1. The lowest BCUT2D eigenvalue weighted by Gasteiger charge is -2.14. The van der Waals surface area contributed by atoms with Crippen LogP contribution in [-0.4, -0.2) is 18.6 Å². The zero-order valence-corrected chi connectivity index (χ0v) is 19.7. The second-order valence-electron chi connectivity index (χ2n) is 7.21. The Hall–Kier alpha value is -3.74. The van der Waals surface area contributed by atoms with E-state index in [0.29, 0.717) is 39.3 Å². The summed E-state index contributed by atoms with van der Waals surface area (Å²) in [6.07, 6.45) is 0. The van der Waals surface area contributed by atoms with Gasteiger partial charge in [0, 0.05) is 28.1 Å². The third-order valence-corrected chi connectivity index (χ3v) is 7.11. The van der Waals surface area contributed by atoms with E-state index < -0.39 is 32.3 Å². The average Bonchev–Trinajstić information content (AvgIpc) is 3.46. The number of nitrogens with zero attached hydrogens (tertiary/aromatic N) is 2. The highest BCUT2D eigenvalue weighted by Gasteiger charge is 2.24. The van der Waals surface area contributed by atoms with Crippen LogP contribution >= 0.6 is 22.9 Å². The van der Waals surface area contributed by atoms with Crippen LogP contribution in [0.4, 0.5) is 20.4 Å². The van der Waals surface area contributed by atoms with Crippen molar-refractivity contribution in [1.82, 2.24) is 10.1 Å². The van der Waals surface area contributed by atoms with Crippen LogP contribution in [0, 0.1) is 11.6 Å². The summed E-state index contributed by atoms with van der Waals surface area (Å²) in [5.74, 6) is -2.51. The molecule has 0 saturated heterocycles. The second kappa shape index (κ2) is 8.80. The fraction of sp³-hybridized carbons (Fsp3) is 0. The minimum Gasteiger partial charge on any atom is -0.454 e. The number of nitrogen functional groups attached to an aromatic ring is 1. The van der Waals surface area contributed by atoms with Crippen molar-refractivity contribution in [2.24, 2.45) is 0 Å². The summed E-state index contributed by atoms with van der Waals surface area (Å²) in [4.78, 5) is 2.89. The van der Waals surface area contributed by atoms with Crippen molar-refractivity contribution >= 4 is 55.6 Å². The molecule has 0 radical (unpaired) electrons. The largest absolute Gasteiger partial charge is 0.454 e. The second-order valence-corrected chi connectivity index (χ2v) is 10.0. The standard InChI is InChI=1S/C22H13ClF2N4O4S2/c23-12-2-4-17(13(6-12)11-1-3-18-14(5-11)22(26)28-33-18)32-19-7-16(25)20(8-15(19)24)35(30,31)29-21-9-34-10-27-21/h1-10,29H,(H2,26,28). The van der Waals surface area contributed by atoms with E-state index in [1.165, 1.54) is 23.0 Å². The molecule has 0 fully saturated rings. The van der Waals surface area contributed by atoms with E-state index in [9.17, 15) is 17.2 Å². The van der Waals surface area contributed by atoms with Crippen LogP contribution in [0.2, 0.25) is 5.02 Å². The van der Waals surface area contributed by atoms with Gasteiger partial charge in [0.05, 0.1) is 10.9 Å².